The minimum Gasteiger partial charge on any atom is -0.405 e. The largest absolute Gasteiger partial charge is 0.573 e. The first-order valence-electron chi connectivity index (χ1n) is 7.22. The summed E-state index contributed by atoms with van der Waals surface area (Å²) in [6, 6.07) is 8.93. The Morgan fingerprint density at radius 3 is 2.76 bits per heavy atom. The molecule has 1 amide bonds. The molecule has 0 aliphatic carbocycles. The summed E-state index contributed by atoms with van der Waals surface area (Å²) in [4.78, 5) is 13.8. The highest BCUT2D eigenvalue weighted by Crippen LogP contribution is 2.27. The molecular formula is C16H13F3N4O2. The van der Waals surface area contributed by atoms with Crippen molar-refractivity contribution in [3.63, 3.8) is 0 Å². The highest BCUT2D eigenvalue weighted by molar-refractivity contribution is 5.94. The van der Waals surface area contributed by atoms with Crippen molar-refractivity contribution in [1.29, 1.82) is 0 Å². The van der Waals surface area contributed by atoms with Gasteiger partial charge in [-0.15, -0.1) is 23.4 Å². The van der Waals surface area contributed by atoms with Crippen LogP contribution in [-0.4, -0.2) is 38.8 Å². The van der Waals surface area contributed by atoms with E-state index >= 15 is 0 Å². The van der Waals surface area contributed by atoms with E-state index in [0.29, 0.717) is 11.2 Å². The van der Waals surface area contributed by atoms with E-state index in [9.17, 15) is 18.0 Å². The summed E-state index contributed by atoms with van der Waals surface area (Å²) in [6.07, 6.45) is -1.77. The lowest BCUT2D eigenvalue weighted by molar-refractivity contribution is -0.274. The number of amides is 1. The lowest BCUT2D eigenvalue weighted by Crippen LogP contribution is -2.27. The lowest BCUT2D eigenvalue weighted by atomic mass is 10.1. The van der Waals surface area contributed by atoms with Gasteiger partial charge in [-0.05, 0) is 18.2 Å². The minimum atomic E-state index is -4.79. The number of halogens is 3. The molecule has 0 aliphatic heterocycles. The number of rotatable bonds is 4. The van der Waals surface area contributed by atoms with Crippen molar-refractivity contribution in [2.75, 3.05) is 7.05 Å². The zero-order valence-corrected chi connectivity index (χ0v) is 13.1. The Morgan fingerprint density at radius 2 is 2.00 bits per heavy atom. The second-order valence-corrected chi connectivity index (χ2v) is 5.33. The maximum Gasteiger partial charge on any atom is 0.573 e. The lowest BCUT2D eigenvalue weighted by Gasteiger charge is -2.20. The van der Waals surface area contributed by atoms with Crippen LogP contribution in [0.1, 0.15) is 15.9 Å². The Bertz CT molecular complexity index is 908. The fraction of sp³-hybridized carbons (Fsp3) is 0.188. The van der Waals surface area contributed by atoms with Gasteiger partial charge in [0.15, 0.2) is 5.65 Å². The van der Waals surface area contributed by atoms with Gasteiger partial charge in [0.1, 0.15) is 12.1 Å². The fourth-order valence-corrected chi connectivity index (χ4v) is 2.36. The van der Waals surface area contributed by atoms with E-state index in [2.05, 4.69) is 14.9 Å². The van der Waals surface area contributed by atoms with Crippen molar-refractivity contribution in [1.82, 2.24) is 19.5 Å². The maximum absolute atomic E-state index is 12.5. The number of nitrogens with zero attached hydrogens (tertiary/aromatic N) is 4. The van der Waals surface area contributed by atoms with Gasteiger partial charge in [-0.3, -0.25) is 9.20 Å². The Hall–Kier alpha value is -3.10. The number of aromatic nitrogens is 3. The number of pyridine rings is 1. The third-order valence-corrected chi connectivity index (χ3v) is 3.49. The van der Waals surface area contributed by atoms with Gasteiger partial charge in [-0.1, -0.05) is 18.2 Å². The van der Waals surface area contributed by atoms with E-state index in [-0.39, 0.29) is 23.8 Å². The van der Waals surface area contributed by atoms with Crippen LogP contribution in [0.4, 0.5) is 13.2 Å². The molecule has 0 radical (unpaired) electrons. The Kier molecular flexibility index (Phi) is 4.30. The number of carbonyl (C=O) groups excluding carboxylic acids is 1. The number of benzene rings is 1. The van der Waals surface area contributed by atoms with Crippen LogP contribution in [0.25, 0.3) is 5.65 Å². The first-order chi connectivity index (χ1) is 11.8. The van der Waals surface area contributed by atoms with Crippen LogP contribution in [0.5, 0.6) is 5.75 Å². The molecule has 2 aromatic heterocycles. The van der Waals surface area contributed by atoms with E-state index in [1.165, 1.54) is 36.5 Å². The molecule has 0 saturated heterocycles. The van der Waals surface area contributed by atoms with Crippen LogP contribution in [0.2, 0.25) is 0 Å². The van der Waals surface area contributed by atoms with Crippen molar-refractivity contribution in [3.8, 4) is 5.75 Å². The summed E-state index contributed by atoms with van der Waals surface area (Å²) in [5, 5.41) is 7.57. The van der Waals surface area contributed by atoms with Crippen LogP contribution < -0.4 is 4.74 Å². The summed E-state index contributed by atoms with van der Waals surface area (Å²) in [5.74, 6) is -0.679. The Morgan fingerprint density at radius 1 is 1.24 bits per heavy atom. The smallest absolute Gasteiger partial charge is 0.405 e. The Labute approximate surface area is 140 Å². The van der Waals surface area contributed by atoms with Gasteiger partial charge in [-0.2, -0.15) is 0 Å². The molecule has 0 atom stereocenters. The molecule has 0 bridgehead atoms. The predicted molar refractivity (Wildman–Crippen MR) is 81.9 cm³/mol. The van der Waals surface area contributed by atoms with Crippen LogP contribution in [0.3, 0.4) is 0 Å². The molecule has 0 N–H and O–H groups in total. The molecule has 130 valence electrons. The molecular weight excluding hydrogens is 337 g/mol. The van der Waals surface area contributed by atoms with Crippen LogP contribution in [-0.2, 0) is 6.54 Å². The molecule has 0 saturated carbocycles. The van der Waals surface area contributed by atoms with Gasteiger partial charge in [0.25, 0.3) is 5.91 Å². The predicted octanol–water partition coefficient (Wildman–Crippen LogP) is 2.90. The minimum absolute atomic E-state index is 0.0364. The van der Waals surface area contributed by atoms with Crippen LogP contribution in [0, 0.1) is 0 Å². The van der Waals surface area contributed by atoms with Gasteiger partial charge in [-0.25, -0.2) is 0 Å². The quantitative estimate of drug-likeness (QED) is 0.726. The van der Waals surface area contributed by atoms with Gasteiger partial charge in [0.05, 0.1) is 5.56 Å². The zero-order chi connectivity index (χ0) is 18.0. The average molecular weight is 350 g/mol. The number of ether oxygens (including phenoxy) is 1. The fourth-order valence-electron chi connectivity index (χ4n) is 2.36. The second-order valence-electron chi connectivity index (χ2n) is 5.33. The number of alkyl halides is 3. The molecule has 0 aliphatic rings. The molecule has 3 rings (SSSR count). The molecule has 1 aromatic carbocycles. The maximum atomic E-state index is 12.5. The summed E-state index contributed by atoms with van der Waals surface area (Å²) in [7, 11) is 1.50. The molecule has 2 heterocycles. The van der Waals surface area contributed by atoms with E-state index < -0.39 is 6.36 Å². The SMILES string of the molecule is CN(Cc1ccccc1OC(F)(F)F)C(=O)c1ccc2nncn2c1. The molecule has 25 heavy (non-hydrogen) atoms. The number of hydrogen-bond donors (Lipinski definition) is 0. The Balaban J connectivity index is 1.79. The molecule has 3 aromatic rings. The highest BCUT2D eigenvalue weighted by atomic mass is 19.4. The summed E-state index contributed by atoms with van der Waals surface area (Å²) in [5.41, 5.74) is 1.20. The van der Waals surface area contributed by atoms with Crippen molar-refractivity contribution in [2.24, 2.45) is 0 Å². The van der Waals surface area contributed by atoms with E-state index in [1.807, 2.05) is 0 Å². The zero-order valence-electron chi connectivity index (χ0n) is 13.1. The summed E-state index contributed by atoms with van der Waals surface area (Å²) >= 11 is 0. The number of carbonyl (C=O) groups is 1. The van der Waals surface area contributed by atoms with Gasteiger partial charge in [0.2, 0.25) is 0 Å². The van der Waals surface area contributed by atoms with Crippen LogP contribution in [0.15, 0.2) is 48.9 Å². The van der Waals surface area contributed by atoms with Crippen molar-refractivity contribution >= 4 is 11.6 Å². The van der Waals surface area contributed by atoms with Gasteiger partial charge < -0.3 is 9.64 Å². The number of fused-ring (bicyclic) bond motifs is 1. The average Bonchev–Trinajstić information content (AvgIpc) is 3.02. The normalized spacial score (nSPS) is 11.5. The van der Waals surface area contributed by atoms with Crippen molar-refractivity contribution in [2.45, 2.75) is 12.9 Å². The van der Waals surface area contributed by atoms with Crippen molar-refractivity contribution < 1.29 is 22.7 Å². The molecule has 0 spiro atoms. The summed E-state index contributed by atoms with van der Waals surface area (Å²) < 4.78 is 43.0. The number of para-hydroxylation sites is 1. The molecule has 6 nitrogen and oxygen atoms in total. The topological polar surface area (TPSA) is 59.7 Å². The van der Waals surface area contributed by atoms with Gasteiger partial charge in [0, 0.05) is 25.4 Å². The standard InChI is InChI=1S/C16H13F3N4O2/c1-22(8-11-4-2-3-5-13(11)25-16(17,18)19)15(24)12-6-7-14-21-20-10-23(14)9-12/h2-7,9-10H,8H2,1H3. The van der Waals surface area contributed by atoms with E-state index in [0.717, 1.165) is 0 Å². The first kappa shape index (κ1) is 16.7. The molecule has 0 fully saturated rings. The second kappa shape index (κ2) is 6.42. The number of hydrogen-bond acceptors (Lipinski definition) is 4. The third kappa shape index (κ3) is 3.87. The van der Waals surface area contributed by atoms with E-state index in [4.69, 9.17) is 0 Å². The van der Waals surface area contributed by atoms with Crippen LogP contribution >= 0.6 is 0 Å². The first-order valence-corrected chi connectivity index (χ1v) is 7.22. The highest BCUT2D eigenvalue weighted by Gasteiger charge is 2.32. The monoisotopic (exact) mass is 350 g/mol. The summed E-state index contributed by atoms with van der Waals surface area (Å²) in [6.45, 7) is -0.0364. The van der Waals surface area contributed by atoms with E-state index in [1.54, 1.807) is 28.8 Å². The molecule has 9 heteroatoms. The third-order valence-electron chi connectivity index (χ3n) is 3.49. The van der Waals surface area contributed by atoms with Gasteiger partial charge >= 0.3 is 6.36 Å². The van der Waals surface area contributed by atoms with Crippen molar-refractivity contribution in [3.05, 3.63) is 60.0 Å². The molecule has 0 unspecified atom stereocenters.